The van der Waals surface area contributed by atoms with Gasteiger partial charge in [0.15, 0.2) is 5.65 Å². The van der Waals surface area contributed by atoms with Gasteiger partial charge in [-0.25, -0.2) is 27.8 Å². The average molecular weight is 390 g/mol. The van der Waals surface area contributed by atoms with E-state index in [0.717, 1.165) is 24.2 Å². The number of aromatic nitrogens is 4. The zero-order chi connectivity index (χ0) is 19.3. The van der Waals surface area contributed by atoms with Crippen LogP contribution >= 0.6 is 0 Å². The summed E-state index contributed by atoms with van der Waals surface area (Å²) in [6, 6.07) is 6.22. The number of ether oxygens (including phenoxy) is 1. The van der Waals surface area contributed by atoms with E-state index < -0.39 is 10.0 Å². The summed E-state index contributed by atoms with van der Waals surface area (Å²) in [7, 11) is -2.07. The Morgan fingerprint density at radius 3 is 2.63 bits per heavy atom. The molecule has 2 N–H and O–H groups in total. The van der Waals surface area contributed by atoms with Gasteiger partial charge < -0.3 is 10.1 Å². The van der Waals surface area contributed by atoms with Crippen molar-refractivity contribution in [3.63, 3.8) is 0 Å². The Morgan fingerprint density at radius 2 is 1.93 bits per heavy atom. The van der Waals surface area contributed by atoms with Gasteiger partial charge in [-0.1, -0.05) is 6.92 Å². The maximum absolute atomic E-state index is 12.4. The fourth-order valence-corrected chi connectivity index (χ4v) is 3.59. The van der Waals surface area contributed by atoms with Crippen molar-refractivity contribution in [3.05, 3.63) is 36.8 Å². The van der Waals surface area contributed by atoms with Crippen LogP contribution in [-0.2, 0) is 16.6 Å². The molecule has 27 heavy (non-hydrogen) atoms. The fraction of sp³-hybridized carbons (Fsp3) is 0.353. The number of hydrogen-bond acceptors (Lipinski definition) is 7. The van der Waals surface area contributed by atoms with Gasteiger partial charge in [0.2, 0.25) is 10.0 Å². The third-order valence-corrected chi connectivity index (χ3v) is 5.44. The molecule has 10 heteroatoms. The highest BCUT2D eigenvalue weighted by molar-refractivity contribution is 7.89. The smallest absolute Gasteiger partial charge is 0.240 e. The van der Waals surface area contributed by atoms with E-state index >= 15 is 0 Å². The van der Waals surface area contributed by atoms with Crippen LogP contribution in [0.1, 0.15) is 13.3 Å². The van der Waals surface area contributed by atoms with E-state index in [2.05, 4.69) is 32.0 Å². The number of rotatable bonds is 9. The van der Waals surface area contributed by atoms with E-state index in [1.165, 1.54) is 25.6 Å². The summed E-state index contributed by atoms with van der Waals surface area (Å²) in [5.41, 5.74) is 0.659. The van der Waals surface area contributed by atoms with Crippen molar-refractivity contribution in [3.8, 4) is 5.75 Å². The van der Waals surface area contributed by atoms with Gasteiger partial charge in [0.1, 0.15) is 17.9 Å². The van der Waals surface area contributed by atoms with Crippen molar-refractivity contribution in [1.82, 2.24) is 24.5 Å². The first-order valence-corrected chi connectivity index (χ1v) is 10.1. The summed E-state index contributed by atoms with van der Waals surface area (Å²) < 4.78 is 34.0. The van der Waals surface area contributed by atoms with Crippen molar-refractivity contribution < 1.29 is 13.2 Å². The number of benzene rings is 1. The fourth-order valence-electron chi connectivity index (χ4n) is 2.56. The normalized spacial score (nSPS) is 11.6. The molecule has 144 valence electrons. The molecule has 0 aliphatic carbocycles. The summed E-state index contributed by atoms with van der Waals surface area (Å²) in [4.78, 5) is 8.68. The molecule has 1 aromatic carbocycles. The average Bonchev–Trinajstić information content (AvgIpc) is 3.10. The molecule has 0 atom stereocenters. The first kappa shape index (κ1) is 19.1. The lowest BCUT2D eigenvalue weighted by atomic mass is 10.3. The van der Waals surface area contributed by atoms with Crippen LogP contribution in [0, 0.1) is 0 Å². The Hall–Kier alpha value is -2.72. The second-order valence-electron chi connectivity index (χ2n) is 5.83. The molecular weight excluding hydrogens is 368 g/mol. The summed E-state index contributed by atoms with van der Waals surface area (Å²) in [5.74, 6) is 1.33. The molecule has 3 aromatic rings. The molecule has 0 radical (unpaired) electrons. The third kappa shape index (κ3) is 4.34. The van der Waals surface area contributed by atoms with Crippen LogP contribution in [0.15, 0.2) is 41.7 Å². The van der Waals surface area contributed by atoms with Crippen LogP contribution in [0.25, 0.3) is 11.0 Å². The molecule has 0 spiro atoms. The van der Waals surface area contributed by atoms with Crippen molar-refractivity contribution in [2.45, 2.75) is 24.8 Å². The van der Waals surface area contributed by atoms with Crippen LogP contribution < -0.4 is 14.8 Å². The highest BCUT2D eigenvalue weighted by Gasteiger charge is 2.14. The van der Waals surface area contributed by atoms with E-state index in [4.69, 9.17) is 4.74 Å². The van der Waals surface area contributed by atoms with Gasteiger partial charge in [0, 0.05) is 13.1 Å². The number of sulfonamides is 1. The molecule has 0 aliphatic heterocycles. The van der Waals surface area contributed by atoms with Gasteiger partial charge >= 0.3 is 0 Å². The van der Waals surface area contributed by atoms with Gasteiger partial charge in [0.05, 0.1) is 30.1 Å². The quantitative estimate of drug-likeness (QED) is 0.571. The van der Waals surface area contributed by atoms with Gasteiger partial charge in [-0.3, -0.25) is 0 Å². The van der Waals surface area contributed by atoms with Crippen molar-refractivity contribution in [2.75, 3.05) is 25.5 Å². The van der Waals surface area contributed by atoms with E-state index in [9.17, 15) is 8.42 Å². The van der Waals surface area contributed by atoms with Crippen LogP contribution in [0.4, 0.5) is 5.82 Å². The molecule has 0 fully saturated rings. The molecule has 0 bridgehead atoms. The predicted molar refractivity (Wildman–Crippen MR) is 102 cm³/mol. The SMILES string of the molecule is CCCNc1ncnc2c1cnn2CCNS(=O)(=O)c1ccc(OC)cc1. The topological polar surface area (TPSA) is 111 Å². The first-order chi connectivity index (χ1) is 13.0. The molecule has 2 heterocycles. The number of anilines is 1. The maximum atomic E-state index is 12.4. The Morgan fingerprint density at radius 1 is 1.15 bits per heavy atom. The predicted octanol–water partition coefficient (Wildman–Crippen LogP) is 1.64. The Labute approximate surface area is 157 Å². The highest BCUT2D eigenvalue weighted by atomic mass is 32.2. The highest BCUT2D eigenvalue weighted by Crippen LogP contribution is 2.18. The lowest BCUT2D eigenvalue weighted by molar-refractivity contribution is 0.414. The zero-order valence-corrected chi connectivity index (χ0v) is 16.0. The molecule has 9 nitrogen and oxygen atoms in total. The molecule has 0 unspecified atom stereocenters. The Kier molecular flexibility index (Phi) is 5.87. The summed E-state index contributed by atoms with van der Waals surface area (Å²) in [6.45, 7) is 3.42. The minimum Gasteiger partial charge on any atom is -0.497 e. The minimum absolute atomic E-state index is 0.182. The largest absolute Gasteiger partial charge is 0.497 e. The van der Waals surface area contributed by atoms with E-state index in [1.807, 2.05) is 0 Å². The van der Waals surface area contributed by atoms with Gasteiger partial charge in [0.25, 0.3) is 0 Å². The minimum atomic E-state index is -3.60. The van der Waals surface area contributed by atoms with Crippen LogP contribution in [0.5, 0.6) is 5.75 Å². The van der Waals surface area contributed by atoms with Crippen LogP contribution in [0.2, 0.25) is 0 Å². The van der Waals surface area contributed by atoms with E-state index in [-0.39, 0.29) is 11.4 Å². The van der Waals surface area contributed by atoms with Gasteiger partial charge in [-0.2, -0.15) is 5.10 Å². The van der Waals surface area contributed by atoms with E-state index in [1.54, 1.807) is 23.0 Å². The summed E-state index contributed by atoms with van der Waals surface area (Å²) >= 11 is 0. The standard InChI is InChI=1S/C17H22N6O3S/c1-3-8-18-16-15-11-21-23(17(15)20-12-19-16)10-9-22-27(24,25)14-6-4-13(26-2)5-7-14/h4-7,11-12,22H,3,8-10H2,1-2H3,(H,18,19,20). The third-order valence-electron chi connectivity index (χ3n) is 3.96. The first-order valence-electron chi connectivity index (χ1n) is 8.59. The molecule has 0 aliphatic rings. The summed E-state index contributed by atoms with van der Waals surface area (Å²) in [6.07, 6.45) is 4.14. The molecule has 3 rings (SSSR count). The molecular formula is C17H22N6O3S. The Balaban J connectivity index is 1.68. The second-order valence-corrected chi connectivity index (χ2v) is 7.59. The zero-order valence-electron chi connectivity index (χ0n) is 15.2. The number of nitrogens with zero attached hydrogens (tertiary/aromatic N) is 4. The van der Waals surface area contributed by atoms with Gasteiger partial charge in [-0.15, -0.1) is 0 Å². The van der Waals surface area contributed by atoms with Crippen molar-refractivity contribution >= 4 is 26.9 Å². The monoisotopic (exact) mass is 390 g/mol. The molecule has 0 amide bonds. The Bertz CT molecular complexity index is 1000. The number of fused-ring (bicyclic) bond motifs is 1. The second kappa shape index (κ2) is 8.31. The van der Waals surface area contributed by atoms with Crippen LogP contribution in [-0.4, -0.2) is 48.4 Å². The molecule has 0 saturated carbocycles. The number of nitrogens with one attached hydrogen (secondary N) is 2. The molecule has 2 aromatic heterocycles. The lowest BCUT2D eigenvalue weighted by Crippen LogP contribution is -2.27. The maximum Gasteiger partial charge on any atom is 0.240 e. The number of methoxy groups -OCH3 is 1. The van der Waals surface area contributed by atoms with Crippen molar-refractivity contribution in [1.29, 1.82) is 0 Å². The lowest BCUT2D eigenvalue weighted by Gasteiger charge is -2.08. The number of hydrogen-bond donors (Lipinski definition) is 2. The van der Waals surface area contributed by atoms with Gasteiger partial charge in [-0.05, 0) is 30.7 Å². The molecule has 0 saturated heterocycles. The summed E-state index contributed by atoms with van der Waals surface area (Å²) in [5, 5.41) is 8.35. The van der Waals surface area contributed by atoms with E-state index in [0.29, 0.717) is 17.9 Å². The van der Waals surface area contributed by atoms with Crippen LogP contribution in [0.3, 0.4) is 0 Å². The van der Waals surface area contributed by atoms with Crippen molar-refractivity contribution in [2.24, 2.45) is 0 Å².